The summed E-state index contributed by atoms with van der Waals surface area (Å²) in [4.78, 5) is 0.322. The Hall–Kier alpha value is -1.17. The molecule has 0 saturated heterocycles. The van der Waals surface area contributed by atoms with Gasteiger partial charge in [-0.15, -0.1) is 0 Å². The number of ether oxygens (including phenoxy) is 1. The SMILES string of the molecule is CO[C@H]1C=C(CO)CC[C@H]1S(=O)(=O)c1ccccc1. The molecule has 0 fully saturated rings. The minimum absolute atomic E-state index is 0.0437. The predicted molar refractivity (Wildman–Crippen MR) is 72.6 cm³/mol. The van der Waals surface area contributed by atoms with Gasteiger partial charge in [0, 0.05) is 7.11 Å². The van der Waals surface area contributed by atoms with E-state index < -0.39 is 21.2 Å². The first-order chi connectivity index (χ1) is 9.09. The van der Waals surface area contributed by atoms with Gasteiger partial charge in [0.05, 0.1) is 22.9 Å². The fourth-order valence-electron chi connectivity index (χ4n) is 2.38. The zero-order valence-electron chi connectivity index (χ0n) is 10.8. The number of sulfone groups is 1. The average molecular weight is 282 g/mol. The molecule has 0 amide bonds. The monoisotopic (exact) mass is 282 g/mol. The van der Waals surface area contributed by atoms with E-state index in [1.54, 1.807) is 36.4 Å². The van der Waals surface area contributed by atoms with Gasteiger partial charge < -0.3 is 9.84 Å². The van der Waals surface area contributed by atoms with E-state index in [0.717, 1.165) is 5.57 Å². The van der Waals surface area contributed by atoms with Crippen LogP contribution in [0.2, 0.25) is 0 Å². The van der Waals surface area contributed by atoms with Crippen molar-refractivity contribution in [3.63, 3.8) is 0 Å². The molecular formula is C14H18O4S. The molecule has 0 saturated carbocycles. The summed E-state index contributed by atoms with van der Waals surface area (Å²) in [5.41, 5.74) is 0.839. The second kappa shape index (κ2) is 5.86. The van der Waals surface area contributed by atoms with E-state index in [2.05, 4.69) is 0 Å². The van der Waals surface area contributed by atoms with E-state index in [0.29, 0.717) is 17.7 Å². The van der Waals surface area contributed by atoms with Crippen molar-refractivity contribution in [1.82, 2.24) is 0 Å². The summed E-state index contributed by atoms with van der Waals surface area (Å²) in [6.45, 7) is -0.0437. The lowest BCUT2D eigenvalue weighted by atomic mass is 9.97. The molecule has 1 aliphatic carbocycles. The van der Waals surface area contributed by atoms with Gasteiger partial charge in [-0.2, -0.15) is 0 Å². The van der Waals surface area contributed by atoms with Crippen molar-refractivity contribution < 1.29 is 18.3 Å². The number of hydrogen-bond acceptors (Lipinski definition) is 4. The van der Waals surface area contributed by atoms with E-state index in [-0.39, 0.29) is 6.61 Å². The zero-order chi connectivity index (χ0) is 13.9. The molecule has 2 atom stereocenters. The van der Waals surface area contributed by atoms with Crippen molar-refractivity contribution in [1.29, 1.82) is 0 Å². The third-order valence-corrected chi connectivity index (χ3v) is 5.69. The van der Waals surface area contributed by atoms with Crippen LogP contribution in [0.15, 0.2) is 46.9 Å². The zero-order valence-corrected chi connectivity index (χ0v) is 11.6. The molecule has 0 bridgehead atoms. The highest BCUT2D eigenvalue weighted by Crippen LogP contribution is 2.29. The van der Waals surface area contributed by atoms with Crippen molar-refractivity contribution in [3.05, 3.63) is 42.0 Å². The van der Waals surface area contributed by atoms with E-state index in [9.17, 15) is 8.42 Å². The lowest BCUT2D eigenvalue weighted by molar-refractivity contribution is 0.127. The molecule has 0 heterocycles. The van der Waals surface area contributed by atoms with Crippen LogP contribution in [0.3, 0.4) is 0 Å². The van der Waals surface area contributed by atoms with Crippen LogP contribution in [-0.2, 0) is 14.6 Å². The number of methoxy groups -OCH3 is 1. The third-order valence-electron chi connectivity index (χ3n) is 3.46. The number of hydrogen-bond donors (Lipinski definition) is 1. The molecule has 4 nitrogen and oxygen atoms in total. The molecule has 1 aromatic carbocycles. The fraction of sp³-hybridized carbons (Fsp3) is 0.429. The molecule has 0 aliphatic heterocycles. The van der Waals surface area contributed by atoms with Crippen LogP contribution >= 0.6 is 0 Å². The van der Waals surface area contributed by atoms with Gasteiger partial charge in [-0.05, 0) is 30.5 Å². The minimum atomic E-state index is -3.41. The molecule has 1 aliphatic rings. The van der Waals surface area contributed by atoms with Gasteiger partial charge in [-0.1, -0.05) is 24.3 Å². The molecule has 1 N–H and O–H groups in total. The van der Waals surface area contributed by atoms with Crippen LogP contribution in [0.4, 0.5) is 0 Å². The van der Waals surface area contributed by atoms with Crippen molar-refractivity contribution >= 4 is 9.84 Å². The summed E-state index contributed by atoms with van der Waals surface area (Å²) in [6.07, 6.45) is 2.30. The van der Waals surface area contributed by atoms with Gasteiger partial charge in [0.15, 0.2) is 9.84 Å². The maximum atomic E-state index is 12.6. The quantitative estimate of drug-likeness (QED) is 0.851. The second-order valence-corrected chi connectivity index (χ2v) is 6.79. The lowest BCUT2D eigenvalue weighted by Gasteiger charge is -2.28. The first kappa shape index (κ1) is 14.2. The van der Waals surface area contributed by atoms with Crippen LogP contribution in [0, 0.1) is 0 Å². The smallest absolute Gasteiger partial charge is 0.184 e. The molecular weight excluding hydrogens is 264 g/mol. The molecule has 0 spiro atoms. The predicted octanol–water partition coefficient (Wildman–Crippen LogP) is 1.56. The Morgan fingerprint density at radius 1 is 1.32 bits per heavy atom. The fourth-order valence-corrected chi connectivity index (χ4v) is 4.24. The van der Waals surface area contributed by atoms with Crippen molar-refractivity contribution in [2.45, 2.75) is 29.1 Å². The average Bonchev–Trinajstić information content (AvgIpc) is 2.47. The highest BCUT2D eigenvalue weighted by atomic mass is 32.2. The van der Waals surface area contributed by atoms with Gasteiger partial charge >= 0.3 is 0 Å². The Morgan fingerprint density at radius 2 is 2.00 bits per heavy atom. The normalized spacial score (nSPS) is 24.0. The Kier molecular flexibility index (Phi) is 4.39. The Bertz CT molecular complexity index is 548. The van der Waals surface area contributed by atoms with Crippen molar-refractivity contribution in [3.8, 4) is 0 Å². The summed E-state index contributed by atoms with van der Waals surface area (Å²) in [7, 11) is -1.91. The summed E-state index contributed by atoms with van der Waals surface area (Å²) < 4.78 is 30.4. The van der Waals surface area contributed by atoms with Crippen LogP contribution in [0.1, 0.15) is 12.8 Å². The summed E-state index contributed by atoms with van der Waals surface area (Å²) in [5, 5.41) is 8.55. The Labute approximate surface area is 113 Å². The third kappa shape index (κ3) is 2.88. The van der Waals surface area contributed by atoms with E-state index in [1.165, 1.54) is 7.11 Å². The topological polar surface area (TPSA) is 63.6 Å². The number of aliphatic hydroxyl groups excluding tert-OH is 1. The second-order valence-electron chi connectivity index (χ2n) is 4.62. The molecule has 0 unspecified atom stereocenters. The molecule has 104 valence electrons. The molecule has 1 aromatic rings. The van der Waals surface area contributed by atoms with Crippen LogP contribution in [0.5, 0.6) is 0 Å². The molecule has 0 aromatic heterocycles. The number of benzene rings is 1. The minimum Gasteiger partial charge on any atom is -0.392 e. The standard InChI is InChI=1S/C14H18O4S/c1-18-13-9-11(10-15)7-8-14(13)19(16,17)12-5-3-2-4-6-12/h2-6,9,13-15H,7-8,10H2,1H3/t13-,14+/m0/s1. The van der Waals surface area contributed by atoms with Crippen molar-refractivity contribution in [2.24, 2.45) is 0 Å². The maximum absolute atomic E-state index is 12.6. The molecule has 2 rings (SSSR count). The number of aliphatic hydroxyl groups is 1. The van der Waals surface area contributed by atoms with Crippen LogP contribution < -0.4 is 0 Å². The molecule has 5 heteroatoms. The first-order valence-corrected chi connectivity index (χ1v) is 7.76. The molecule has 19 heavy (non-hydrogen) atoms. The first-order valence-electron chi connectivity index (χ1n) is 6.21. The summed E-state index contributed by atoms with van der Waals surface area (Å²) in [6, 6.07) is 8.43. The van der Waals surface area contributed by atoms with Crippen LogP contribution in [-0.4, -0.2) is 38.6 Å². The van der Waals surface area contributed by atoms with E-state index in [4.69, 9.17) is 9.84 Å². The Morgan fingerprint density at radius 3 is 2.58 bits per heavy atom. The maximum Gasteiger partial charge on any atom is 0.184 e. The van der Waals surface area contributed by atoms with Gasteiger partial charge in [0.25, 0.3) is 0 Å². The highest BCUT2D eigenvalue weighted by molar-refractivity contribution is 7.92. The van der Waals surface area contributed by atoms with Gasteiger partial charge in [-0.3, -0.25) is 0 Å². The number of rotatable bonds is 4. The van der Waals surface area contributed by atoms with E-state index >= 15 is 0 Å². The van der Waals surface area contributed by atoms with Gasteiger partial charge in [-0.25, -0.2) is 8.42 Å². The van der Waals surface area contributed by atoms with Gasteiger partial charge in [0.2, 0.25) is 0 Å². The van der Waals surface area contributed by atoms with Crippen LogP contribution in [0.25, 0.3) is 0 Å². The summed E-state index contributed by atoms with van der Waals surface area (Å²) >= 11 is 0. The Balaban J connectivity index is 2.34. The van der Waals surface area contributed by atoms with Crippen molar-refractivity contribution in [2.75, 3.05) is 13.7 Å². The molecule has 0 radical (unpaired) electrons. The van der Waals surface area contributed by atoms with E-state index in [1.807, 2.05) is 0 Å². The summed E-state index contributed by atoms with van der Waals surface area (Å²) in [5.74, 6) is 0. The largest absolute Gasteiger partial charge is 0.392 e. The lowest BCUT2D eigenvalue weighted by Crippen LogP contribution is -2.37. The van der Waals surface area contributed by atoms with Gasteiger partial charge in [0.1, 0.15) is 0 Å². The highest BCUT2D eigenvalue weighted by Gasteiger charge is 2.36.